The van der Waals surface area contributed by atoms with Crippen molar-refractivity contribution in [3.8, 4) is 5.75 Å². The van der Waals surface area contributed by atoms with Gasteiger partial charge in [-0.25, -0.2) is 13.9 Å². The van der Waals surface area contributed by atoms with E-state index in [1.807, 2.05) is 24.3 Å². The zero-order valence-electron chi connectivity index (χ0n) is 16.9. The highest BCUT2D eigenvalue weighted by Crippen LogP contribution is 2.30. The zero-order chi connectivity index (χ0) is 23.1. The number of nitrogens with one attached hydrogen (secondary N) is 1. The number of carbonyl (C=O) groups excluding carboxylic acids is 1. The molecule has 3 rings (SSSR count). The molecule has 1 heterocycles. The second-order valence-electron chi connectivity index (χ2n) is 7.04. The minimum absolute atomic E-state index is 0.0424. The lowest BCUT2D eigenvalue weighted by atomic mass is 10.0. The molecule has 2 aromatic rings. The van der Waals surface area contributed by atoms with Crippen molar-refractivity contribution in [2.45, 2.75) is 25.5 Å². The predicted octanol–water partition coefficient (Wildman–Crippen LogP) is 2.81. The van der Waals surface area contributed by atoms with Crippen molar-refractivity contribution in [2.75, 3.05) is 22.3 Å². The summed E-state index contributed by atoms with van der Waals surface area (Å²) in [5, 5.41) is 8.65. The Labute approximate surface area is 185 Å². The second kappa shape index (κ2) is 10.9. The van der Waals surface area contributed by atoms with Crippen molar-refractivity contribution in [2.24, 2.45) is 0 Å². The highest BCUT2D eigenvalue weighted by molar-refractivity contribution is 7.74. The Bertz CT molecular complexity index is 1010. The van der Waals surface area contributed by atoms with Crippen molar-refractivity contribution in [1.29, 1.82) is 0 Å². The fourth-order valence-corrected chi connectivity index (χ4v) is 4.51. The fraction of sp³-hybridized carbons (Fsp3) is 0.286. The van der Waals surface area contributed by atoms with E-state index in [-0.39, 0.29) is 11.8 Å². The van der Waals surface area contributed by atoms with Crippen LogP contribution in [0.4, 0.5) is 20.2 Å². The molecule has 0 aromatic heterocycles. The Hall–Kier alpha value is -3.18. The number of hydrogen-bond donors (Lipinski definition) is 3. The molecule has 1 amide bonds. The lowest BCUT2D eigenvalue weighted by molar-refractivity contribution is -0.124. The molecule has 11 heteroatoms. The summed E-state index contributed by atoms with van der Waals surface area (Å²) in [5.41, 5.74) is 3.61. The molecule has 0 unspecified atom stereocenters. The number of anilines is 2. The lowest BCUT2D eigenvalue weighted by Crippen LogP contribution is -2.44. The van der Waals surface area contributed by atoms with Gasteiger partial charge < -0.3 is 9.64 Å². The number of hydroxylamine groups is 1. The minimum atomic E-state index is -2.95. The summed E-state index contributed by atoms with van der Waals surface area (Å²) in [4.78, 5) is 13.4. The van der Waals surface area contributed by atoms with Crippen molar-refractivity contribution >= 4 is 34.2 Å². The van der Waals surface area contributed by atoms with Crippen LogP contribution in [0.2, 0.25) is 0 Å². The summed E-state index contributed by atoms with van der Waals surface area (Å²) < 4.78 is 54.2. The summed E-state index contributed by atoms with van der Waals surface area (Å²) in [7, 11) is -2.93. The first-order valence-electron chi connectivity index (χ1n) is 9.83. The average molecular weight is 467 g/mol. The summed E-state index contributed by atoms with van der Waals surface area (Å²) in [6, 6.07) is 12.7. The molecule has 1 aliphatic heterocycles. The van der Waals surface area contributed by atoms with Crippen LogP contribution in [-0.4, -0.2) is 45.3 Å². The number of hydrogen-bond acceptors (Lipinski definition) is 6. The second-order valence-corrected chi connectivity index (χ2v) is 7.95. The Kier molecular flexibility index (Phi) is 8.01. The van der Waals surface area contributed by atoms with Crippen LogP contribution in [-0.2, 0) is 15.7 Å². The number of amides is 1. The number of benzene rings is 2. The van der Waals surface area contributed by atoms with Gasteiger partial charge in [-0.2, -0.15) is 8.78 Å². The first-order chi connectivity index (χ1) is 15.4. The summed E-state index contributed by atoms with van der Waals surface area (Å²) in [5.74, 6) is -0.683. The molecule has 2 N–H and O–H groups in total. The molecule has 1 fully saturated rings. The third-order valence-corrected chi connectivity index (χ3v) is 6.02. The third kappa shape index (κ3) is 5.95. The maximum Gasteiger partial charge on any atom is 0.387 e. The van der Waals surface area contributed by atoms with E-state index in [1.54, 1.807) is 11.6 Å². The van der Waals surface area contributed by atoms with E-state index in [0.717, 1.165) is 11.3 Å². The number of para-hydroxylation sites is 1. The molecule has 0 bridgehead atoms. The number of rotatable bonds is 8. The topological polar surface area (TPSA) is 99.2 Å². The number of halogens is 2. The molecule has 1 saturated heterocycles. The standard InChI is InChI=1S/C21H23F2N3O5S/c22-21(23)31-18-8-6-16(7-9-18)26(32(29)30)17-11-13-25(14-12-17)19-4-2-1-3-15(19)5-10-20(27)24-28/h1-10,17,21,28,32H,11-14H2,(H,24,27)/b10-5+. The summed E-state index contributed by atoms with van der Waals surface area (Å²) in [6.45, 7) is -1.80. The number of nitrogens with zero attached hydrogens (tertiary/aromatic N) is 2. The van der Waals surface area contributed by atoms with Crippen LogP contribution in [0.15, 0.2) is 54.6 Å². The van der Waals surface area contributed by atoms with Crippen molar-refractivity contribution < 1.29 is 31.9 Å². The van der Waals surface area contributed by atoms with Gasteiger partial charge in [0.25, 0.3) is 5.91 Å². The Morgan fingerprint density at radius 1 is 1.16 bits per heavy atom. The van der Waals surface area contributed by atoms with Crippen LogP contribution >= 0.6 is 0 Å². The summed E-state index contributed by atoms with van der Waals surface area (Å²) >= 11 is 0. The van der Waals surface area contributed by atoms with Crippen molar-refractivity contribution in [3.05, 3.63) is 60.2 Å². The van der Waals surface area contributed by atoms with Crippen LogP contribution in [0, 0.1) is 0 Å². The van der Waals surface area contributed by atoms with E-state index in [9.17, 15) is 22.0 Å². The SMILES string of the molecule is O=C(/C=C/c1ccccc1N1CCC(N(c2ccc(OC(F)F)cc2)[SH](=O)=O)CC1)NO. The Morgan fingerprint density at radius 2 is 1.81 bits per heavy atom. The van der Waals surface area contributed by atoms with E-state index in [4.69, 9.17) is 5.21 Å². The van der Waals surface area contributed by atoms with Crippen molar-refractivity contribution in [3.63, 3.8) is 0 Å². The number of carbonyl (C=O) groups is 1. The molecular weight excluding hydrogens is 444 g/mol. The first-order valence-corrected chi connectivity index (χ1v) is 11.0. The monoisotopic (exact) mass is 467 g/mol. The first kappa shape index (κ1) is 23.5. The molecule has 1 aliphatic rings. The van der Waals surface area contributed by atoms with Gasteiger partial charge in [-0.15, -0.1) is 0 Å². The number of piperidine rings is 1. The van der Waals surface area contributed by atoms with E-state index >= 15 is 0 Å². The van der Waals surface area contributed by atoms with Gasteiger partial charge in [0.2, 0.25) is 10.9 Å². The molecule has 0 aliphatic carbocycles. The van der Waals surface area contributed by atoms with Crippen LogP contribution in [0.25, 0.3) is 6.08 Å². The summed E-state index contributed by atoms with van der Waals surface area (Å²) in [6.07, 6.45) is 3.91. The van der Waals surface area contributed by atoms with Crippen molar-refractivity contribution in [1.82, 2.24) is 5.48 Å². The van der Waals surface area contributed by atoms with Crippen LogP contribution in [0.3, 0.4) is 0 Å². The molecule has 0 radical (unpaired) electrons. The molecule has 0 atom stereocenters. The van der Waals surface area contributed by atoms with E-state index in [0.29, 0.717) is 31.6 Å². The van der Waals surface area contributed by atoms with Crippen LogP contribution in [0.1, 0.15) is 18.4 Å². The normalized spacial score (nSPS) is 14.8. The van der Waals surface area contributed by atoms with Gasteiger partial charge >= 0.3 is 6.61 Å². The predicted molar refractivity (Wildman–Crippen MR) is 117 cm³/mol. The maximum absolute atomic E-state index is 12.3. The molecule has 2 aromatic carbocycles. The van der Waals surface area contributed by atoms with E-state index < -0.39 is 23.4 Å². The van der Waals surface area contributed by atoms with Crippen LogP contribution in [0.5, 0.6) is 5.75 Å². The third-order valence-electron chi connectivity index (χ3n) is 5.11. The van der Waals surface area contributed by atoms with Gasteiger partial charge in [0.15, 0.2) is 0 Å². The quantitative estimate of drug-likeness (QED) is 0.239. The number of ether oxygens (including phenoxy) is 1. The molecule has 8 nitrogen and oxygen atoms in total. The highest BCUT2D eigenvalue weighted by atomic mass is 32.2. The Morgan fingerprint density at radius 3 is 2.41 bits per heavy atom. The molecule has 0 saturated carbocycles. The molecule has 32 heavy (non-hydrogen) atoms. The highest BCUT2D eigenvalue weighted by Gasteiger charge is 2.27. The van der Waals surface area contributed by atoms with E-state index in [1.165, 1.54) is 34.6 Å². The van der Waals surface area contributed by atoms with Gasteiger partial charge in [0, 0.05) is 30.9 Å². The van der Waals surface area contributed by atoms with E-state index in [2.05, 4.69) is 9.64 Å². The Balaban J connectivity index is 1.71. The number of thiol groups is 1. The molecule has 0 spiro atoms. The number of alkyl halides is 2. The maximum atomic E-state index is 12.3. The molecular formula is C21H23F2N3O5S. The lowest BCUT2D eigenvalue weighted by Gasteiger charge is -2.38. The largest absolute Gasteiger partial charge is 0.435 e. The fourth-order valence-electron chi connectivity index (χ4n) is 3.69. The van der Waals surface area contributed by atoms with Crippen LogP contribution < -0.4 is 19.4 Å². The van der Waals surface area contributed by atoms with Gasteiger partial charge in [-0.1, -0.05) is 18.2 Å². The zero-order valence-corrected chi connectivity index (χ0v) is 17.8. The van der Waals surface area contributed by atoms with Gasteiger partial charge in [-0.05, 0) is 54.8 Å². The van der Waals surface area contributed by atoms with Gasteiger partial charge in [0.1, 0.15) is 5.75 Å². The minimum Gasteiger partial charge on any atom is -0.435 e. The smallest absolute Gasteiger partial charge is 0.387 e. The average Bonchev–Trinajstić information content (AvgIpc) is 2.79. The molecule has 172 valence electrons. The van der Waals surface area contributed by atoms with Gasteiger partial charge in [-0.3, -0.25) is 14.3 Å². The van der Waals surface area contributed by atoms with Gasteiger partial charge in [0.05, 0.1) is 5.69 Å².